The highest BCUT2D eigenvalue weighted by Crippen LogP contribution is 2.18. The molecule has 0 bridgehead atoms. The second kappa shape index (κ2) is 8.90. The van der Waals surface area contributed by atoms with Gasteiger partial charge in [-0.05, 0) is 26.0 Å². The molecule has 0 spiro atoms. The van der Waals surface area contributed by atoms with Gasteiger partial charge >= 0.3 is 0 Å². The van der Waals surface area contributed by atoms with E-state index in [0.29, 0.717) is 24.7 Å². The lowest BCUT2D eigenvalue weighted by Crippen LogP contribution is -2.49. The van der Waals surface area contributed by atoms with Crippen molar-refractivity contribution >= 4 is 35.1 Å². The number of aromatic nitrogens is 2. The number of hydrogen-bond acceptors (Lipinski definition) is 7. The molecule has 8 nitrogen and oxygen atoms in total. The van der Waals surface area contributed by atoms with Crippen LogP contribution in [0.2, 0.25) is 0 Å². The highest BCUT2D eigenvalue weighted by molar-refractivity contribution is 8.01. The molecule has 2 aromatic heterocycles. The van der Waals surface area contributed by atoms with Crippen LogP contribution in [0.4, 0.5) is 11.5 Å². The van der Waals surface area contributed by atoms with Gasteiger partial charge in [-0.25, -0.2) is 0 Å². The van der Waals surface area contributed by atoms with Crippen LogP contribution in [0.5, 0.6) is 0 Å². The van der Waals surface area contributed by atoms with Crippen molar-refractivity contribution in [2.24, 2.45) is 0 Å². The average molecular weight is 389 g/mol. The van der Waals surface area contributed by atoms with Gasteiger partial charge in [-0.3, -0.25) is 14.6 Å². The fourth-order valence-electron chi connectivity index (χ4n) is 2.79. The number of thioether (sulfide) groups is 1. The Balaban J connectivity index is 1.41. The first-order valence-corrected chi connectivity index (χ1v) is 9.86. The minimum atomic E-state index is -0.357. The Kier molecular flexibility index (Phi) is 6.33. The van der Waals surface area contributed by atoms with Gasteiger partial charge in [0, 0.05) is 50.3 Å². The van der Waals surface area contributed by atoms with Crippen molar-refractivity contribution in [2.45, 2.75) is 19.1 Å². The Morgan fingerprint density at radius 3 is 2.59 bits per heavy atom. The summed E-state index contributed by atoms with van der Waals surface area (Å²) in [4.78, 5) is 32.7. The number of aryl methyl sites for hydroxylation is 1. The summed E-state index contributed by atoms with van der Waals surface area (Å²) in [6, 6.07) is 5.61. The number of carbonyl (C=O) groups is 2. The number of pyridine rings is 1. The van der Waals surface area contributed by atoms with Crippen molar-refractivity contribution in [3.05, 3.63) is 36.4 Å². The van der Waals surface area contributed by atoms with Crippen LogP contribution in [0.3, 0.4) is 0 Å². The molecule has 1 atom stereocenters. The van der Waals surface area contributed by atoms with Crippen LogP contribution >= 0.6 is 11.8 Å². The molecule has 2 aromatic rings. The third-order valence-electron chi connectivity index (χ3n) is 4.37. The van der Waals surface area contributed by atoms with Gasteiger partial charge in [0.25, 0.3) is 0 Å². The standard InChI is InChI=1S/C18H23N5O3S/c1-13-11-16(21-26-13)20-18(25)14(2)27-12-17(24)23-9-7-22(8-10-23)15-3-5-19-6-4-15/h3-6,11,14H,7-10,12H2,1-2H3,(H,20,21,25)/t14-/m0/s1. The van der Waals surface area contributed by atoms with Crippen LogP contribution in [0.1, 0.15) is 12.7 Å². The first-order chi connectivity index (χ1) is 13.0. The minimum Gasteiger partial charge on any atom is -0.368 e. The fraction of sp³-hybridized carbons (Fsp3) is 0.444. The fourth-order valence-corrected chi connectivity index (χ4v) is 3.57. The maximum atomic E-state index is 12.4. The normalized spacial score (nSPS) is 15.5. The molecule has 1 aliphatic heterocycles. The van der Waals surface area contributed by atoms with Gasteiger partial charge in [0.15, 0.2) is 5.82 Å². The summed E-state index contributed by atoms with van der Waals surface area (Å²) < 4.78 is 4.92. The Bertz CT molecular complexity index is 774. The molecule has 1 N–H and O–H groups in total. The summed E-state index contributed by atoms with van der Waals surface area (Å²) in [5.41, 5.74) is 1.12. The van der Waals surface area contributed by atoms with Crippen molar-refractivity contribution in [3.8, 4) is 0 Å². The molecule has 3 rings (SSSR count). The first kappa shape index (κ1) is 19.2. The van der Waals surface area contributed by atoms with E-state index in [4.69, 9.17) is 4.52 Å². The lowest BCUT2D eigenvalue weighted by molar-refractivity contribution is -0.128. The van der Waals surface area contributed by atoms with E-state index < -0.39 is 0 Å². The van der Waals surface area contributed by atoms with Crippen LogP contribution in [-0.2, 0) is 9.59 Å². The number of amides is 2. The number of carbonyl (C=O) groups excluding carboxylic acids is 2. The zero-order valence-corrected chi connectivity index (χ0v) is 16.2. The summed E-state index contributed by atoms with van der Waals surface area (Å²) in [6.07, 6.45) is 3.55. The summed E-state index contributed by atoms with van der Waals surface area (Å²) in [7, 11) is 0. The van der Waals surface area contributed by atoms with Crippen LogP contribution in [0.25, 0.3) is 0 Å². The monoisotopic (exact) mass is 389 g/mol. The van der Waals surface area contributed by atoms with Gasteiger partial charge in [-0.1, -0.05) is 5.16 Å². The van der Waals surface area contributed by atoms with Gasteiger partial charge in [0.05, 0.1) is 11.0 Å². The van der Waals surface area contributed by atoms with Crippen LogP contribution < -0.4 is 10.2 Å². The molecule has 1 aliphatic rings. The second-order valence-corrected chi connectivity index (χ2v) is 7.67. The second-order valence-electron chi connectivity index (χ2n) is 6.34. The Morgan fingerprint density at radius 1 is 1.26 bits per heavy atom. The lowest BCUT2D eigenvalue weighted by Gasteiger charge is -2.36. The molecular formula is C18H23N5O3S. The topological polar surface area (TPSA) is 91.6 Å². The van der Waals surface area contributed by atoms with E-state index >= 15 is 0 Å². The third-order valence-corrected chi connectivity index (χ3v) is 5.49. The predicted octanol–water partition coefficient (Wildman–Crippen LogP) is 1.79. The molecule has 1 fully saturated rings. The molecule has 144 valence electrons. The Labute approximate surface area is 162 Å². The van der Waals surface area contributed by atoms with Crippen molar-refractivity contribution in [1.82, 2.24) is 15.0 Å². The molecule has 0 unspecified atom stereocenters. The van der Waals surface area contributed by atoms with E-state index in [1.807, 2.05) is 17.0 Å². The zero-order chi connectivity index (χ0) is 19.2. The third kappa shape index (κ3) is 5.22. The van der Waals surface area contributed by atoms with Gasteiger partial charge in [0.1, 0.15) is 5.76 Å². The summed E-state index contributed by atoms with van der Waals surface area (Å²) >= 11 is 1.33. The van der Waals surface area contributed by atoms with Crippen molar-refractivity contribution in [1.29, 1.82) is 0 Å². The van der Waals surface area contributed by atoms with E-state index in [0.717, 1.165) is 18.8 Å². The molecule has 9 heteroatoms. The molecule has 0 aliphatic carbocycles. The predicted molar refractivity (Wildman–Crippen MR) is 105 cm³/mol. The summed E-state index contributed by atoms with van der Waals surface area (Å²) in [5, 5.41) is 6.07. The van der Waals surface area contributed by atoms with E-state index in [1.54, 1.807) is 32.3 Å². The largest absolute Gasteiger partial charge is 0.368 e. The van der Waals surface area contributed by atoms with E-state index in [1.165, 1.54) is 11.8 Å². The van der Waals surface area contributed by atoms with Crippen LogP contribution in [0, 0.1) is 6.92 Å². The smallest absolute Gasteiger partial charge is 0.238 e. The van der Waals surface area contributed by atoms with Crippen molar-refractivity contribution in [3.63, 3.8) is 0 Å². The number of rotatable bonds is 6. The van der Waals surface area contributed by atoms with Crippen molar-refractivity contribution in [2.75, 3.05) is 42.1 Å². The molecule has 1 saturated heterocycles. The van der Waals surface area contributed by atoms with Crippen molar-refractivity contribution < 1.29 is 14.1 Å². The molecule has 27 heavy (non-hydrogen) atoms. The van der Waals surface area contributed by atoms with Crippen LogP contribution in [0.15, 0.2) is 35.1 Å². The van der Waals surface area contributed by atoms with Gasteiger partial charge in [-0.2, -0.15) is 0 Å². The van der Waals surface area contributed by atoms with E-state index in [-0.39, 0.29) is 22.8 Å². The Hall–Kier alpha value is -2.55. The van der Waals surface area contributed by atoms with Crippen LogP contribution in [-0.4, -0.2) is 64.0 Å². The molecule has 0 aromatic carbocycles. The zero-order valence-electron chi connectivity index (χ0n) is 15.4. The molecule has 0 radical (unpaired) electrons. The van der Waals surface area contributed by atoms with Gasteiger partial charge in [-0.15, -0.1) is 11.8 Å². The molecule has 2 amide bonds. The minimum absolute atomic E-state index is 0.0614. The highest BCUT2D eigenvalue weighted by Gasteiger charge is 2.23. The highest BCUT2D eigenvalue weighted by atomic mass is 32.2. The SMILES string of the molecule is Cc1cc(NC(=O)[C@H](C)SCC(=O)N2CCN(c3ccncc3)CC2)no1. The van der Waals surface area contributed by atoms with Gasteiger partial charge in [0.2, 0.25) is 11.8 Å². The number of anilines is 2. The van der Waals surface area contributed by atoms with E-state index in [2.05, 4.69) is 20.4 Å². The lowest BCUT2D eigenvalue weighted by atomic mass is 10.2. The first-order valence-electron chi connectivity index (χ1n) is 8.81. The number of nitrogens with zero attached hydrogens (tertiary/aromatic N) is 4. The number of hydrogen-bond donors (Lipinski definition) is 1. The van der Waals surface area contributed by atoms with Gasteiger partial charge < -0.3 is 19.6 Å². The molecule has 0 saturated carbocycles. The maximum Gasteiger partial charge on any atom is 0.238 e. The maximum absolute atomic E-state index is 12.4. The molecule has 3 heterocycles. The summed E-state index contributed by atoms with van der Waals surface area (Å²) in [6.45, 7) is 6.49. The molecular weight excluding hydrogens is 366 g/mol. The average Bonchev–Trinajstić information content (AvgIpc) is 3.11. The van der Waals surface area contributed by atoms with E-state index in [9.17, 15) is 9.59 Å². The Morgan fingerprint density at radius 2 is 1.96 bits per heavy atom. The number of piperazine rings is 1. The number of nitrogens with one attached hydrogen (secondary N) is 1. The quantitative estimate of drug-likeness (QED) is 0.805. The summed E-state index contributed by atoms with van der Waals surface area (Å²) in [5.74, 6) is 1.17.